The molecular weight excluding hydrogens is 490 g/mol. The molecule has 1 aliphatic heterocycles. The van der Waals surface area contributed by atoms with E-state index in [0.29, 0.717) is 18.5 Å². The molecule has 0 bridgehead atoms. The van der Waals surface area contributed by atoms with Crippen LogP contribution in [0.2, 0.25) is 5.02 Å². The van der Waals surface area contributed by atoms with Crippen LogP contribution in [0.15, 0.2) is 77.7 Å². The largest absolute Gasteiger partial charge is 0.326 e. The van der Waals surface area contributed by atoms with Crippen LogP contribution in [0.4, 0.5) is 5.69 Å². The maximum Gasteiger partial charge on any atom is 0.244 e. The summed E-state index contributed by atoms with van der Waals surface area (Å²) < 4.78 is 28.4. The fourth-order valence-electron chi connectivity index (χ4n) is 4.09. The van der Waals surface area contributed by atoms with Crippen LogP contribution in [0.1, 0.15) is 12.8 Å². The molecule has 0 radical (unpaired) electrons. The number of anilines is 1. The predicted molar refractivity (Wildman–Crippen MR) is 137 cm³/mol. The first-order valence-corrected chi connectivity index (χ1v) is 13.6. The number of nitrogens with one attached hydrogen (secondary N) is 1. The topological polar surface area (TPSA) is 79.4 Å². The number of sulfonamides is 1. The molecule has 0 unspecified atom stereocenters. The Morgan fingerprint density at radius 2 is 1.65 bits per heavy atom. The Balaban J connectivity index is 1.20. The first kappa shape index (κ1) is 23.0. The Hall–Kier alpha value is -2.78. The molecule has 4 aromatic rings. The summed E-state index contributed by atoms with van der Waals surface area (Å²) in [6.45, 7) is 0.560. The third-order valence-corrected chi connectivity index (χ3v) is 9.46. The molecule has 34 heavy (non-hydrogen) atoms. The van der Waals surface area contributed by atoms with Gasteiger partial charge in [-0.3, -0.25) is 4.79 Å². The standard InChI is InChI=1S/C25H22ClN3O3S2/c26-20-5-1-4-8-23(20)34(31,32)29-15-13-17(14-16-29)24(30)27-19-11-9-18(10-12-19)25-28-21-6-2-3-7-22(21)33-25/h1-12,17H,13-16H2,(H,27,30). The van der Waals surface area contributed by atoms with Gasteiger partial charge in [0.2, 0.25) is 15.9 Å². The van der Waals surface area contributed by atoms with Crippen molar-refractivity contribution in [2.45, 2.75) is 17.7 Å². The van der Waals surface area contributed by atoms with Gasteiger partial charge in [0.25, 0.3) is 0 Å². The fraction of sp³-hybridized carbons (Fsp3) is 0.200. The lowest BCUT2D eigenvalue weighted by molar-refractivity contribution is -0.120. The first-order chi connectivity index (χ1) is 16.4. The average molecular weight is 512 g/mol. The van der Waals surface area contributed by atoms with Crippen molar-refractivity contribution in [3.8, 4) is 10.6 Å². The number of hydrogen-bond donors (Lipinski definition) is 1. The number of benzene rings is 3. The zero-order valence-corrected chi connectivity index (χ0v) is 20.5. The molecule has 1 fully saturated rings. The van der Waals surface area contributed by atoms with Crippen molar-refractivity contribution >= 4 is 54.8 Å². The van der Waals surface area contributed by atoms with Gasteiger partial charge in [0.05, 0.1) is 15.2 Å². The number of piperidine rings is 1. The first-order valence-electron chi connectivity index (χ1n) is 10.9. The molecule has 1 N–H and O–H groups in total. The average Bonchev–Trinajstić information content (AvgIpc) is 3.29. The SMILES string of the molecule is O=C(Nc1ccc(-c2nc3ccccc3s2)cc1)C1CCN(S(=O)(=O)c2ccccc2Cl)CC1. The van der Waals surface area contributed by atoms with Gasteiger partial charge in [0.1, 0.15) is 9.90 Å². The van der Waals surface area contributed by atoms with Crippen LogP contribution in [0.25, 0.3) is 20.8 Å². The minimum Gasteiger partial charge on any atom is -0.326 e. The third-order valence-electron chi connectivity index (χ3n) is 5.97. The molecule has 3 aromatic carbocycles. The van der Waals surface area contributed by atoms with Crippen LogP contribution in [-0.2, 0) is 14.8 Å². The third kappa shape index (κ3) is 4.59. The van der Waals surface area contributed by atoms with Crippen molar-refractivity contribution < 1.29 is 13.2 Å². The summed E-state index contributed by atoms with van der Waals surface area (Å²) in [7, 11) is -3.68. The van der Waals surface area contributed by atoms with E-state index in [4.69, 9.17) is 11.6 Å². The van der Waals surface area contributed by atoms with Gasteiger partial charge in [-0.2, -0.15) is 4.31 Å². The lowest BCUT2D eigenvalue weighted by Gasteiger charge is -2.30. The van der Waals surface area contributed by atoms with E-state index in [1.165, 1.54) is 10.4 Å². The van der Waals surface area contributed by atoms with Gasteiger partial charge in [-0.1, -0.05) is 35.9 Å². The smallest absolute Gasteiger partial charge is 0.244 e. The highest BCUT2D eigenvalue weighted by Gasteiger charge is 2.33. The van der Waals surface area contributed by atoms with E-state index in [-0.39, 0.29) is 34.8 Å². The van der Waals surface area contributed by atoms with Crippen molar-refractivity contribution in [2.75, 3.05) is 18.4 Å². The van der Waals surface area contributed by atoms with Crippen molar-refractivity contribution in [3.63, 3.8) is 0 Å². The molecule has 5 rings (SSSR count). The van der Waals surface area contributed by atoms with Gasteiger partial charge in [0.15, 0.2) is 0 Å². The maximum absolute atomic E-state index is 12.9. The zero-order valence-electron chi connectivity index (χ0n) is 18.1. The molecule has 6 nitrogen and oxygen atoms in total. The molecule has 0 saturated carbocycles. The summed E-state index contributed by atoms with van der Waals surface area (Å²) in [6.07, 6.45) is 0.915. The van der Waals surface area contributed by atoms with Gasteiger partial charge in [-0.25, -0.2) is 13.4 Å². The van der Waals surface area contributed by atoms with Crippen LogP contribution in [0, 0.1) is 5.92 Å². The van der Waals surface area contributed by atoms with Crippen LogP contribution in [-0.4, -0.2) is 36.7 Å². The lowest BCUT2D eigenvalue weighted by atomic mass is 9.97. The summed E-state index contributed by atoms with van der Waals surface area (Å²) in [6, 6.07) is 22.1. The highest BCUT2D eigenvalue weighted by atomic mass is 35.5. The van der Waals surface area contributed by atoms with E-state index in [1.807, 2.05) is 42.5 Å². The number of nitrogens with zero attached hydrogens (tertiary/aromatic N) is 2. The molecule has 2 heterocycles. The summed E-state index contributed by atoms with van der Waals surface area (Å²) in [5.74, 6) is -0.343. The number of fused-ring (bicyclic) bond motifs is 1. The number of carbonyl (C=O) groups is 1. The minimum atomic E-state index is -3.68. The fourth-order valence-corrected chi connectivity index (χ4v) is 7.02. The van der Waals surface area contributed by atoms with Crippen molar-refractivity contribution in [1.82, 2.24) is 9.29 Å². The van der Waals surface area contributed by atoms with Crippen LogP contribution in [0.5, 0.6) is 0 Å². The van der Waals surface area contributed by atoms with Gasteiger partial charge in [0, 0.05) is 30.3 Å². The van der Waals surface area contributed by atoms with Crippen molar-refractivity contribution in [1.29, 1.82) is 0 Å². The van der Waals surface area contributed by atoms with Gasteiger partial charge in [-0.15, -0.1) is 11.3 Å². The van der Waals surface area contributed by atoms with E-state index in [0.717, 1.165) is 20.8 Å². The molecule has 0 atom stereocenters. The van der Waals surface area contributed by atoms with Gasteiger partial charge in [-0.05, 0) is 61.4 Å². The van der Waals surface area contributed by atoms with Gasteiger partial charge >= 0.3 is 0 Å². The highest BCUT2D eigenvalue weighted by Crippen LogP contribution is 2.31. The van der Waals surface area contributed by atoms with E-state index in [9.17, 15) is 13.2 Å². The Kier molecular flexibility index (Phi) is 6.40. The molecule has 1 saturated heterocycles. The molecule has 9 heteroatoms. The van der Waals surface area contributed by atoms with E-state index < -0.39 is 10.0 Å². The summed E-state index contributed by atoms with van der Waals surface area (Å²) in [5, 5.41) is 4.11. The number of halogens is 1. The summed E-state index contributed by atoms with van der Waals surface area (Å²) >= 11 is 7.73. The Labute approximate surface area is 207 Å². The predicted octanol–water partition coefficient (Wildman–Crippen LogP) is 5.66. The monoisotopic (exact) mass is 511 g/mol. The van der Waals surface area contributed by atoms with E-state index in [2.05, 4.69) is 16.4 Å². The molecule has 0 aliphatic carbocycles. The zero-order chi connectivity index (χ0) is 23.7. The molecule has 1 aliphatic rings. The molecule has 1 aromatic heterocycles. The van der Waals surface area contributed by atoms with Crippen LogP contribution >= 0.6 is 22.9 Å². The molecule has 1 amide bonds. The van der Waals surface area contributed by atoms with Crippen molar-refractivity contribution in [2.24, 2.45) is 5.92 Å². The number of rotatable bonds is 5. The summed E-state index contributed by atoms with van der Waals surface area (Å²) in [5.41, 5.74) is 2.68. The van der Waals surface area contributed by atoms with Crippen LogP contribution in [0.3, 0.4) is 0 Å². The number of para-hydroxylation sites is 1. The van der Waals surface area contributed by atoms with Crippen LogP contribution < -0.4 is 5.32 Å². The lowest BCUT2D eigenvalue weighted by Crippen LogP contribution is -2.41. The number of thiazole rings is 1. The Bertz CT molecular complexity index is 1410. The number of hydrogen-bond acceptors (Lipinski definition) is 5. The Morgan fingerprint density at radius 1 is 0.971 bits per heavy atom. The second kappa shape index (κ2) is 9.46. The van der Waals surface area contributed by atoms with E-state index >= 15 is 0 Å². The number of aromatic nitrogens is 1. The normalized spacial score (nSPS) is 15.4. The molecular formula is C25H22ClN3O3S2. The highest BCUT2D eigenvalue weighted by molar-refractivity contribution is 7.89. The van der Waals surface area contributed by atoms with Crippen molar-refractivity contribution in [3.05, 3.63) is 77.8 Å². The molecule has 0 spiro atoms. The van der Waals surface area contributed by atoms with Gasteiger partial charge < -0.3 is 5.32 Å². The second-order valence-electron chi connectivity index (χ2n) is 8.16. The number of amides is 1. The summed E-state index contributed by atoms with van der Waals surface area (Å²) in [4.78, 5) is 17.6. The Morgan fingerprint density at radius 3 is 2.35 bits per heavy atom. The minimum absolute atomic E-state index is 0.0949. The second-order valence-corrected chi connectivity index (χ2v) is 11.5. The quantitative estimate of drug-likeness (QED) is 0.375. The van der Waals surface area contributed by atoms with E-state index in [1.54, 1.807) is 29.5 Å². The number of carbonyl (C=O) groups excluding carboxylic acids is 1. The molecule has 174 valence electrons. The maximum atomic E-state index is 12.9.